The number of nitrogens with one attached hydrogen (secondary N) is 1. The van der Waals surface area contributed by atoms with Crippen LogP contribution in [-0.2, 0) is 4.79 Å². The second-order valence-electron chi connectivity index (χ2n) is 4.17. The van der Waals surface area contributed by atoms with E-state index in [9.17, 15) is 9.18 Å². The van der Waals surface area contributed by atoms with Crippen LogP contribution in [0.3, 0.4) is 0 Å². The van der Waals surface area contributed by atoms with Crippen molar-refractivity contribution in [3.8, 4) is 0 Å². The summed E-state index contributed by atoms with van der Waals surface area (Å²) in [6.07, 6.45) is 0.385. The summed E-state index contributed by atoms with van der Waals surface area (Å²) < 4.78 is 13.3. The Morgan fingerprint density at radius 2 is 2.22 bits per heavy atom. The lowest BCUT2D eigenvalue weighted by Gasteiger charge is -2.09. The number of hydrogen-bond acceptors (Lipinski definition) is 3. The number of amides is 1. The van der Waals surface area contributed by atoms with Gasteiger partial charge in [-0.1, -0.05) is 19.1 Å². The third-order valence-electron chi connectivity index (χ3n) is 2.47. The summed E-state index contributed by atoms with van der Waals surface area (Å²) in [5.74, 6) is 0.607. The number of benzene rings is 1. The summed E-state index contributed by atoms with van der Waals surface area (Å²) in [5.41, 5.74) is 5.45. The molecule has 0 spiro atoms. The van der Waals surface area contributed by atoms with Crippen LogP contribution in [0.2, 0.25) is 0 Å². The Labute approximate surface area is 111 Å². The minimum Gasteiger partial charge on any atom is -0.356 e. The van der Waals surface area contributed by atoms with Crippen molar-refractivity contribution in [2.75, 3.05) is 18.8 Å². The molecule has 3 N–H and O–H groups in total. The summed E-state index contributed by atoms with van der Waals surface area (Å²) in [6.45, 7) is 3.14. The van der Waals surface area contributed by atoms with Gasteiger partial charge < -0.3 is 11.1 Å². The largest absolute Gasteiger partial charge is 0.356 e. The van der Waals surface area contributed by atoms with Gasteiger partial charge >= 0.3 is 0 Å². The minimum atomic E-state index is -0.236. The van der Waals surface area contributed by atoms with Gasteiger partial charge in [0, 0.05) is 23.6 Å². The van der Waals surface area contributed by atoms with Crippen LogP contribution in [0.25, 0.3) is 0 Å². The van der Waals surface area contributed by atoms with Gasteiger partial charge in [0.15, 0.2) is 0 Å². The van der Waals surface area contributed by atoms with Gasteiger partial charge in [-0.15, -0.1) is 11.8 Å². The number of rotatable bonds is 7. The number of carbonyl (C=O) groups is 1. The molecule has 1 atom stereocenters. The topological polar surface area (TPSA) is 55.1 Å². The summed E-state index contributed by atoms with van der Waals surface area (Å²) in [4.78, 5) is 12.1. The lowest BCUT2D eigenvalue weighted by atomic mass is 10.2. The molecule has 100 valence electrons. The first kappa shape index (κ1) is 15.0. The second-order valence-corrected chi connectivity index (χ2v) is 5.31. The highest BCUT2D eigenvalue weighted by atomic mass is 32.2. The van der Waals surface area contributed by atoms with E-state index < -0.39 is 0 Å². The Morgan fingerprint density at radius 1 is 1.50 bits per heavy atom. The minimum absolute atomic E-state index is 0.0147. The lowest BCUT2D eigenvalue weighted by molar-refractivity contribution is -0.120. The monoisotopic (exact) mass is 270 g/mol. The maximum Gasteiger partial charge on any atom is 0.220 e. The fraction of sp³-hybridized carbons (Fsp3) is 0.462. The molecular formula is C13H19FN2OS. The number of carbonyl (C=O) groups excluding carboxylic acids is 1. The highest BCUT2D eigenvalue weighted by molar-refractivity contribution is 7.99. The number of nitrogens with two attached hydrogens (primary N) is 1. The first-order valence-electron chi connectivity index (χ1n) is 5.97. The van der Waals surface area contributed by atoms with E-state index in [1.165, 1.54) is 17.8 Å². The predicted octanol–water partition coefficient (Wildman–Crippen LogP) is 2.02. The molecule has 0 saturated carbocycles. The fourth-order valence-electron chi connectivity index (χ4n) is 1.28. The van der Waals surface area contributed by atoms with Crippen molar-refractivity contribution < 1.29 is 9.18 Å². The van der Waals surface area contributed by atoms with Crippen LogP contribution in [-0.4, -0.2) is 24.7 Å². The molecule has 0 aliphatic rings. The zero-order chi connectivity index (χ0) is 13.4. The molecule has 0 aliphatic carbocycles. The molecule has 0 saturated heterocycles. The first-order chi connectivity index (χ1) is 8.63. The Kier molecular flexibility index (Phi) is 6.75. The van der Waals surface area contributed by atoms with Gasteiger partial charge in [-0.3, -0.25) is 4.79 Å². The molecule has 0 aromatic heterocycles. The van der Waals surface area contributed by atoms with Crippen LogP contribution >= 0.6 is 11.8 Å². The SMILES string of the molecule is CC(CN)CNC(=O)CCSc1ccccc1F. The third-order valence-corrected chi connectivity index (χ3v) is 3.52. The van der Waals surface area contributed by atoms with Crippen LogP contribution < -0.4 is 11.1 Å². The number of hydrogen-bond donors (Lipinski definition) is 2. The van der Waals surface area contributed by atoms with Gasteiger partial charge in [-0.2, -0.15) is 0 Å². The maximum atomic E-state index is 13.3. The number of halogens is 1. The van der Waals surface area contributed by atoms with Crippen molar-refractivity contribution >= 4 is 17.7 Å². The molecule has 18 heavy (non-hydrogen) atoms. The highest BCUT2D eigenvalue weighted by Gasteiger charge is 2.06. The van der Waals surface area contributed by atoms with Crippen molar-refractivity contribution in [1.82, 2.24) is 5.32 Å². The summed E-state index contributed by atoms with van der Waals surface area (Å²) in [6, 6.07) is 6.58. The zero-order valence-corrected chi connectivity index (χ0v) is 11.3. The Hall–Kier alpha value is -1.07. The van der Waals surface area contributed by atoms with Crippen LogP contribution in [0.15, 0.2) is 29.2 Å². The van der Waals surface area contributed by atoms with Gasteiger partial charge in [-0.05, 0) is 24.6 Å². The molecule has 0 fully saturated rings. The molecule has 1 unspecified atom stereocenters. The molecule has 0 aliphatic heterocycles. The number of thioether (sulfide) groups is 1. The molecule has 5 heteroatoms. The molecule has 1 rings (SSSR count). The molecule has 0 bridgehead atoms. The smallest absolute Gasteiger partial charge is 0.220 e. The Morgan fingerprint density at radius 3 is 2.89 bits per heavy atom. The second kappa shape index (κ2) is 8.11. The third kappa shape index (κ3) is 5.51. The fourth-order valence-corrected chi connectivity index (χ4v) is 2.16. The quantitative estimate of drug-likeness (QED) is 0.745. The Bertz CT molecular complexity index is 387. The van der Waals surface area contributed by atoms with E-state index in [4.69, 9.17) is 5.73 Å². The van der Waals surface area contributed by atoms with E-state index in [0.717, 1.165) is 0 Å². The van der Waals surface area contributed by atoms with E-state index in [2.05, 4.69) is 5.32 Å². The van der Waals surface area contributed by atoms with Crippen molar-refractivity contribution in [2.24, 2.45) is 11.7 Å². The van der Waals surface area contributed by atoms with Crippen LogP contribution in [0, 0.1) is 11.7 Å². The average Bonchev–Trinajstić information content (AvgIpc) is 2.38. The van der Waals surface area contributed by atoms with Crippen molar-refractivity contribution in [3.05, 3.63) is 30.1 Å². The standard InChI is InChI=1S/C13H19FN2OS/c1-10(8-15)9-16-13(17)6-7-18-12-5-3-2-4-11(12)14/h2-5,10H,6-9,15H2,1H3,(H,16,17). The normalized spacial score (nSPS) is 12.2. The maximum absolute atomic E-state index is 13.3. The van der Waals surface area contributed by atoms with Gasteiger partial charge in [0.25, 0.3) is 0 Å². The lowest BCUT2D eigenvalue weighted by Crippen LogP contribution is -2.31. The van der Waals surface area contributed by atoms with E-state index in [0.29, 0.717) is 30.2 Å². The zero-order valence-electron chi connectivity index (χ0n) is 10.5. The summed E-state index contributed by atoms with van der Waals surface area (Å²) in [7, 11) is 0. The molecule has 0 heterocycles. The van der Waals surface area contributed by atoms with Crippen LogP contribution in [0.4, 0.5) is 4.39 Å². The van der Waals surface area contributed by atoms with E-state index >= 15 is 0 Å². The van der Waals surface area contributed by atoms with E-state index in [1.54, 1.807) is 18.2 Å². The van der Waals surface area contributed by atoms with Crippen LogP contribution in [0.1, 0.15) is 13.3 Å². The van der Waals surface area contributed by atoms with Gasteiger partial charge in [0.2, 0.25) is 5.91 Å². The van der Waals surface area contributed by atoms with Crippen molar-refractivity contribution in [1.29, 1.82) is 0 Å². The highest BCUT2D eigenvalue weighted by Crippen LogP contribution is 2.21. The average molecular weight is 270 g/mol. The van der Waals surface area contributed by atoms with Crippen molar-refractivity contribution in [2.45, 2.75) is 18.2 Å². The molecule has 1 aromatic carbocycles. The van der Waals surface area contributed by atoms with Gasteiger partial charge in [-0.25, -0.2) is 4.39 Å². The summed E-state index contributed by atoms with van der Waals surface area (Å²) >= 11 is 1.35. The molecular weight excluding hydrogens is 251 g/mol. The van der Waals surface area contributed by atoms with Gasteiger partial charge in [0.1, 0.15) is 5.82 Å². The first-order valence-corrected chi connectivity index (χ1v) is 6.96. The van der Waals surface area contributed by atoms with Crippen LogP contribution in [0.5, 0.6) is 0 Å². The van der Waals surface area contributed by atoms with E-state index in [-0.39, 0.29) is 17.6 Å². The summed E-state index contributed by atoms with van der Waals surface area (Å²) in [5, 5.41) is 2.81. The van der Waals surface area contributed by atoms with E-state index in [1.807, 2.05) is 6.92 Å². The molecule has 3 nitrogen and oxygen atoms in total. The molecule has 1 amide bonds. The molecule has 0 radical (unpaired) electrons. The van der Waals surface area contributed by atoms with Gasteiger partial charge in [0.05, 0.1) is 0 Å². The Balaban J connectivity index is 2.22. The predicted molar refractivity (Wildman–Crippen MR) is 73.0 cm³/mol. The molecule has 1 aromatic rings. The van der Waals surface area contributed by atoms with Crippen molar-refractivity contribution in [3.63, 3.8) is 0 Å².